The molecule has 0 saturated heterocycles. The van der Waals surface area contributed by atoms with Crippen LogP contribution in [0.3, 0.4) is 0 Å². The van der Waals surface area contributed by atoms with Crippen LogP contribution in [-0.4, -0.2) is 16.9 Å². The first-order valence-corrected chi connectivity index (χ1v) is 6.05. The molecular weight excluding hydrogens is 208 g/mol. The van der Waals surface area contributed by atoms with Crippen molar-refractivity contribution in [3.8, 4) is 0 Å². The number of carbonyl (C=O) groups excluding carboxylic acids is 1. The van der Waals surface area contributed by atoms with Gasteiger partial charge in [0.2, 0.25) is 5.91 Å². The van der Waals surface area contributed by atoms with Gasteiger partial charge in [0.25, 0.3) is 0 Å². The Morgan fingerprint density at radius 2 is 2.20 bits per heavy atom. The van der Waals surface area contributed by atoms with Crippen molar-refractivity contribution in [2.75, 3.05) is 0 Å². The number of nitrogens with one attached hydrogen (secondary N) is 1. The van der Waals surface area contributed by atoms with Gasteiger partial charge in [-0.15, -0.1) is 0 Å². The number of thiocarbonyl (C=S) groups is 1. The minimum Gasteiger partial charge on any atom is -0.393 e. The van der Waals surface area contributed by atoms with Crippen LogP contribution in [0.4, 0.5) is 0 Å². The Morgan fingerprint density at radius 3 is 2.60 bits per heavy atom. The van der Waals surface area contributed by atoms with E-state index in [9.17, 15) is 4.79 Å². The Labute approximate surface area is 96.8 Å². The van der Waals surface area contributed by atoms with E-state index >= 15 is 0 Å². The molecule has 86 valence electrons. The highest BCUT2D eigenvalue weighted by Crippen LogP contribution is 2.34. The van der Waals surface area contributed by atoms with Gasteiger partial charge < -0.3 is 11.1 Å². The first kappa shape index (κ1) is 12.4. The number of hydrogen-bond acceptors (Lipinski definition) is 2. The van der Waals surface area contributed by atoms with Crippen LogP contribution in [0.1, 0.15) is 39.5 Å². The van der Waals surface area contributed by atoms with Gasteiger partial charge in [0.15, 0.2) is 0 Å². The third-order valence-electron chi connectivity index (χ3n) is 2.97. The van der Waals surface area contributed by atoms with Crippen molar-refractivity contribution in [1.82, 2.24) is 5.32 Å². The number of carbonyl (C=O) groups is 1. The van der Waals surface area contributed by atoms with Crippen molar-refractivity contribution in [1.29, 1.82) is 0 Å². The Kier molecular flexibility index (Phi) is 4.51. The van der Waals surface area contributed by atoms with Crippen molar-refractivity contribution in [2.45, 2.75) is 45.6 Å². The molecule has 1 aliphatic rings. The average molecular weight is 228 g/mol. The number of rotatable bonds is 6. The van der Waals surface area contributed by atoms with Gasteiger partial charge in [-0.1, -0.05) is 32.0 Å². The lowest BCUT2D eigenvalue weighted by molar-refractivity contribution is -0.123. The smallest absolute Gasteiger partial charge is 0.229 e. The van der Waals surface area contributed by atoms with Gasteiger partial charge in [0, 0.05) is 6.04 Å². The molecule has 1 rings (SSSR count). The zero-order chi connectivity index (χ0) is 11.4. The lowest BCUT2D eigenvalue weighted by Gasteiger charge is -2.19. The average Bonchev–Trinajstić information content (AvgIpc) is 2.99. The van der Waals surface area contributed by atoms with E-state index in [1.54, 1.807) is 6.92 Å². The second kappa shape index (κ2) is 5.45. The minimum absolute atomic E-state index is 0.0324. The van der Waals surface area contributed by atoms with Crippen molar-refractivity contribution in [3.63, 3.8) is 0 Å². The molecule has 0 radical (unpaired) electrons. The molecule has 2 unspecified atom stereocenters. The lowest BCUT2D eigenvalue weighted by atomic mass is 10.1. The summed E-state index contributed by atoms with van der Waals surface area (Å²) in [5.74, 6) is 0.443. The third kappa shape index (κ3) is 4.16. The molecule has 4 heteroatoms. The molecule has 0 bridgehead atoms. The summed E-state index contributed by atoms with van der Waals surface area (Å²) in [7, 11) is 0. The van der Waals surface area contributed by atoms with Gasteiger partial charge in [-0.3, -0.25) is 4.79 Å². The third-order valence-corrected chi connectivity index (χ3v) is 3.33. The van der Waals surface area contributed by atoms with E-state index in [1.165, 1.54) is 12.8 Å². The zero-order valence-electron chi connectivity index (χ0n) is 9.45. The fourth-order valence-corrected chi connectivity index (χ4v) is 1.65. The van der Waals surface area contributed by atoms with Crippen LogP contribution in [0.25, 0.3) is 0 Å². The molecule has 1 saturated carbocycles. The van der Waals surface area contributed by atoms with Gasteiger partial charge in [0.1, 0.15) is 0 Å². The van der Waals surface area contributed by atoms with Gasteiger partial charge in [-0.2, -0.15) is 0 Å². The largest absolute Gasteiger partial charge is 0.393 e. The molecule has 2 atom stereocenters. The molecule has 0 heterocycles. The highest BCUT2D eigenvalue weighted by Gasteiger charge is 2.26. The highest BCUT2D eigenvalue weighted by molar-refractivity contribution is 7.80. The fraction of sp³-hybridized carbons (Fsp3) is 0.818. The molecule has 1 aliphatic carbocycles. The molecular formula is C11H20N2OS. The first-order chi connectivity index (χ1) is 7.04. The maximum atomic E-state index is 11.7. The quantitative estimate of drug-likeness (QED) is 0.679. The van der Waals surface area contributed by atoms with Crippen molar-refractivity contribution in [2.24, 2.45) is 17.6 Å². The molecule has 1 amide bonds. The standard InChI is InChI=1S/C11H20N2OS/c1-3-9(6-8-4-5-8)13-11(14)7(2)10(12)15/h7-9H,3-6H2,1-2H3,(H2,12,15)(H,13,14). The van der Waals surface area contributed by atoms with Crippen molar-refractivity contribution >= 4 is 23.1 Å². The van der Waals surface area contributed by atoms with Crippen LogP contribution in [0.5, 0.6) is 0 Å². The molecule has 0 aromatic rings. The van der Waals surface area contributed by atoms with Crippen LogP contribution in [0.15, 0.2) is 0 Å². The lowest BCUT2D eigenvalue weighted by Crippen LogP contribution is -2.41. The second-order valence-corrected chi connectivity index (χ2v) is 4.89. The number of amides is 1. The summed E-state index contributed by atoms with van der Waals surface area (Å²) >= 11 is 4.80. The van der Waals surface area contributed by atoms with Crippen molar-refractivity contribution in [3.05, 3.63) is 0 Å². The molecule has 0 aromatic heterocycles. The monoisotopic (exact) mass is 228 g/mol. The number of hydrogen-bond donors (Lipinski definition) is 2. The molecule has 0 spiro atoms. The molecule has 15 heavy (non-hydrogen) atoms. The molecule has 0 aromatic carbocycles. The maximum absolute atomic E-state index is 11.7. The van der Waals surface area contributed by atoms with E-state index in [0.29, 0.717) is 6.04 Å². The predicted octanol–water partition coefficient (Wildman–Crippen LogP) is 1.60. The van der Waals surface area contributed by atoms with E-state index in [0.717, 1.165) is 18.8 Å². The summed E-state index contributed by atoms with van der Waals surface area (Å²) in [6.45, 7) is 3.85. The molecule has 3 N–H and O–H groups in total. The molecule has 0 aliphatic heterocycles. The van der Waals surface area contributed by atoms with Gasteiger partial charge in [-0.25, -0.2) is 0 Å². The molecule has 3 nitrogen and oxygen atoms in total. The summed E-state index contributed by atoms with van der Waals surface area (Å²) < 4.78 is 0. The second-order valence-electron chi connectivity index (χ2n) is 4.42. The summed E-state index contributed by atoms with van der Waals surface area (Å²) in [6, 6.07) is 0.293. The SMILES string of the molecule is CCC(CC1CC1)NC(=O)C(C)C(N)=S. The summed E-state index contributed by atoms with van der Waals surface area (Å²) in [6.07, 6.45) is 4.72. The topological polar surface area (TPSA) is 55.1 Å². The van der Waals surface area contributed by atoms with Gasteiger partial charge in [-0.05, 0) is 25.7 Å². The molecule has 1 fully saturated rings. The van der Waals surface area contributed by atoms with E-state index < -0.39 is 0 Å². The van der Waals surface area contributed by atoms with Crippen LogP contribution >= 0.6 is 12.2 Å². The Hall–Kier alpha value is -0.640. The van der Waals surface area contributed by atoms with E-state index in [-0.39, 0.29) is 16.8 Å². The van der Waals surface area contributed by atoms with Gasteiger partial charge in [0.05, 0.1) is 10.9 Å². The minimum atomic E-state index is -0.353. The van der Waals surface area contributed by atoms with E-state index in [4.69, 9.17) is 18.0 Å². The predicted molar refractivity (Wildman–Crippen MR) is 65.5 cm³/mol. The Bertz CT molecular complexity index is 251. The van der Waals surface area contributed by atoms with Crippen molar-refractivity contribution < 1.29 is 4.79 Å². The van der Waals surface area contributed by atoms with Crippen LogP contribution in [-0.2, 0) is 4.79 Å². The summed E-state index contributed by atoms with van der Waals surface area (Å²) in [5.41, 5.74) is 5.44. The van der Waals surface area contributed by atoms with Gasteiger partial charge >= 0.3 is 0 Å². The highest BCUT2D eigenvalue weighted by atomic mass is 32.1. The Balaban J connectivity index is 2.35. The van der Waals surface area contributed by atoms with Crippen LogP contribution < -0.4 is 11.1 Å². The number of nitrogens with two attached hydrogens (primary N) is 1. The normalized spacial score (nSPS) is 19.3. The first-order valence-electron chi connectivity index (χ1n) is 5.64. The summed E-state index contributed by atoms with van der Waals surface area (Å²) in [5, 5.41) is 3.01. The van der Waals surface area contributed by atoms with Crippen LogP contribution in [0.2, 0.25) is 0 Å². The van der Waals surface area contributed by atoms with E-state index in [1.807, 2.05) is 0 Å². The van der Waals surface area contributed by atoms with E-state index in [2.05, 4.69) is 12.2 Å². The fourth-order valence-electron chi connectivity index (χ4n) is 1.54. The summed E-state index contributed by atoms with van der Waals surface area (Å²) in [4.78, 5) is 11.9. The van der Waals surface area contributed by atoms with Crippen LogP contribution in [0, 0.1) is 11.8 Å². The maximum Gasteiger partial charge on any atom is 0.229 e. The zero-order valence-corrected chi connectivity index (χ0v) is 10.3. The Morgan fingerprint density at radius 1 is 1.60 bits per heavy atom.